The quantitative estimate of drug-likeness (QED) is 0.846. The molecule has 3 nitrogen and oxygen atoms in total. The fourth-order valence-electron chi connectivity index (χ4n) is 3.56. The zero-order chi connectivity index (χ0) is 14.4. The molecule has 106 valence electrons. The number of rotatable bonds is 2. The van der Waals surface area contributed by atoms with Gasteiger partial charge in [-0.25, -0.2) is 0 Å². The fraction of sp³-hybridized carbons (Fsp3) is 0.278. The summed E-state index contributed by atoms with van der Waals surface area (Å²) < 4.78 is 6.05. The lowest BCUT2D eigenvalue weighted by Crippen LogP contribution is -2.42. The first-order valence-electron chi connectivity index (χ1n) is 7.31. The number of carbonyl (C=O) groups is 1. The molecule has 4 rings (SSSR count). The van der Waals surface area contributed by atoms with E-state index in [0.717, 1.165) is 17.5 Å². The molecule has 0 saturated carbocycles. The van der Waals surface area contributed by atoms with E-state index in [1.807, 2.05) is 54.3 Å². The van der Waals surface area contributed by atoms with E-state index in [1.54, 1.807) is 0 Å². The van der Waals surface area contributed by atoms with Crippen molar-refractivity contribution >= 4 is 5.91 Å². The second-order valence-corrected chi connectivity index (χ2v) is 5.86. The van der Waals surface area contributed by atoms with Crippen LogP contribution in [0.15, 0.2) is 54.6 Å². The maximum absolute atomic E-state index is 12.7. The molecule has 0 bridgehead atoms. The van der Waals surface area contributed by atoms with Crippen molar-refractivity contribution in [2.45, 2.75) is 25.1 Å². The summed E-state index contributed by atoms with van der Waals surface area (Å²) >= 11 is 0. The Labute approximate surface area is 124 Å². The van der Waals surface area contributed by atoms with Crippen molar-refractivity contribution in [2.24, 2.45) is 0 Å². The molecule has 3 heteroatoms. The van der Waals surface area contributed by atoms with Gasteiger partial charge >= 0.3 is 0 Å². The highest BCUT2D eigenvalue weighted by molar-refractivity contribution is 6.00. The number of nitrogens with zero attached hydrogens (tertiary/aromatic N) is 1. The highest BCUT2D eigenvalue weighted by atomic mass is 16.5. The molecule has 2 aromatic rings. The Kier molecular flexibility index (Phi) is 2.66. The smallest absolute Gasteiger partial charge is 0.257 e. The predicted molar refractivity (Wildman–Crippen MR) is 79.8 cm³/mol. The average molecular weight is 279 g/mol. The summed E-state index contributed by atoms with van der Waals surface area (Å²) in [6.45, 7) is 2.59. The van der Waals surface area contributed by atoms with Crippen LogP contribution in [0.25, 0.3) is 0 Å². The first-order valence-corrected chi connectivity index (χ1v) is 7.31. The topological polar surface area (TPSA) is 29.5 Å². The number of benzene rings is 2. The van der Waals surface area contributed by atoms with Gasteiger partial charge in [-0.3, -0.25) is 4.79 Å². The number of ether oxygens (including phenoxy) is 1. The second-order valence-electron chi connectivity index (χ2n) is 5.86. The zero-order valence-corrected chi connectivity index (χ0v) is 12.0. The molecule has 2 atom stereocenters. The van der Waals surface area contributed by atoms with Crippen LogP contribution in [-0.2, 0) is 16.9 Å². The van der Waals surface area contributed by atoms with Gasteiger partial charge in [0, 0.05) is 11.1 Å². The summed E-state index contributed by atoms with van der Waals surface area (Å²) in [5, 5.41) is 0. The van der Waals surface area contributed by atoms with Crippen LogP contribution in [0.2, 0.25) is 0 Å². The van der Waals surface area contributed by atoms with Crippen LogP contribution in [0, 0.1) is 0 Å². The molecule has 0 unspecified atom stereocenters. The summed E-state index contributed by atoms with van der Waals surface area (Å²) in [5.41, 5.74) is 2.40. The van der Waals surface area contributed by atoms with Crippen LogP contribution in [0.5, 0.6) is 0 Å². The normalized spacial score (nSPS) is 26.8. The largest absolute Gasteiger partial charge is 0.349 e. The van der Waals surface area contributed by atoms with Gasteiger partial charge in [-0.15, -0.1) is 0 Å². The van der Waals surface area contributed by atoms with Gasteiger partial charge in [0.1, 0.15) is 0 Å². The molecule has 2 aliphatic rings. The Bertz CT molecular complexity index is 697. The van der Waals surface area contributed by atoms with Crippen molar-refractivity contribution in [3.05, 3.63) is 71.3 Å². The monoisotopic (exact) mass is 279 g/mol. The fourth-order valence-corrected chi connectivity index (χ4v) is 3.56. The van der Waals surface area contributed by atoms with Gasteiger partial charge in [0.15, 0.2) is 5.72 Å². The molecule has 2 heterocycles. The van der Waals surface area contributed by atoms with Gasteiger partial charge < -0.3 is 9.64 Å². The molecular weight excluding hydrogens is 262 g/mol. The Balaban J connectivity index is 1.70. The van der Waals surface area contributed by atoms with E-state index in [2.05, 4.69) is 12.1 Å². The lowest BCUT2D eigenvalue weighted by molar-refractivity contribution is -0.0510. The molecular formula is C18H17NO2. The molecule has 1 fully saturated rings. The minimum Gasteiger partial charge on any atom is -0.349 e. The van der Waals surface area contributed by atoms with E-state index < -0.39 is 5.72 Å². The highest BCUT2D eigenvalue weighted by Crippen LogP contribution is 2.45. The maximum Gasteiger partial charge on any atom is 0.257 e. The molecule has 0 aliphatic carbocycles. The lowest BCUT2D eigenvalue weighted by Gasteiger charge is -2.30. The molecule has 2 aliphatic heterocycles. The van der Waals surface area contributed by atoms with Gasteiger partial charge in [-0.2, -0.15) is 0 Å². The predicted octanol–water partition coefficient (Wildman–Crippen LogP) is 2.96. The van der Waals surface area contributed by atoms with Crippen LogP contribution in [0.3, 0.4) is 0 Å². The minimum absolute atomic E-state index is 0.0894. The summed E-state index contributed by atoms with van der Waals surface area (Å²) in [4.78, 5) is 14.7. The number of hydrogen-bond acceptors (Lipinski definition) is 2. The van der Waals surface area contributed by atoms with E-state index in [-0.39, 0.29) is 11.9 Å². The average Bonchev–Trinajstić information content (AvgIpc) is 2.95. The third-order valence-electron chi connectivity index (χ3n) is 4.57. The van der Waals surface area contributed by atoms with Gasteiger partial charge in [0.05, 0.1) is 12.6 Å². The minimum atomic E-state index is -0.604. The third-order valence-corrected chi connectivity index (χ3v) is 4.57. The van der Waals surface area contributed by atoms with E-state index in [1.165, 1.54) is 5.56 Å². The van der Waals surface area contributed by atoms with Crippen molar-refractivity contribution in [2.75, 3.05) is 6.61 Å². The standard InChI is InChI=1S/C18H17NO2/c1-18-16-10-6-5-9-15(16)17(20)19(18)14(12-21-18)11-13-7-3-2-4-8-13/h2-10,14H,11-12H2,1H3/t14-,18+/m0/s1. The molecule has 0 radical (unpaired) electrons. The molecule has 0 N–H and O–H groups in total. The van der Waals surface area contributed by atoms with Gasteiger partial charge in [-0.05, 0) is 25.0 Å². The molecule has 1 amide bonds. The molecule has 0 spiro atoms. The summed E-state index contributed by atoms with van der Waals surface area (Å²) in [7, 11) is 0. The first-order chi connectivity index (χ1) is 10.2. The van der Waals surface area contributed by atoms with Crippen molar-refractivity contribution in [3.63, 3.8) is 0 Å². The molecule has 1 saturated heterocycles. The SMILES string of the molecule is C[C@]12OC[C@H](Cc3ccccc3)N1C(=O)c1ccccc12. The van der Waals surface area contributed by atoms with Gasteiger partial charge in [-0.1, -0.05) is 48.5 Å². The number of hydrogen-bond donors (Lipinski definition) is 0. The van der Waals surface area contributed by atoms with Crippen LogP contribution >= 0.6 is 0 Å². The Hall–Kier alpha value is -2.13. The van der Waals surface area contributed by atoms with E-state index in [9.17, 15) is 4.79 Å². The van der Waals surface area contributed by atoms with Gasteiger partial charge in [0.25, 0.3) is 5.91 Å². The number of carbonyl (C=O) groups excluding carboxylic acids is 1. The molecule has 21 heavy (non-hydrogen) atoms. The molecule has 2 aromatic carbocycles. The summed E-state index contributed by atoms with van der Waals surface area (Å²) in [5.74, 6) is 0.0894. The van der Waals surface area contributed by atoms with Crippen molar-refractivity contribution in [1.29, 1.82) is 0 Å². The summed E-state index contributed by atoms with van der Waals surface area (Å²) in [6, 6.07) is 18.1. The van der Waals surface area contributed by atoms with Crippen molar-refractivity contribution in [1.82, 2.24) is 4.90 Å². The number of fused-ring (bicyclic) bond motifs is 3. The van der Waals surface area contributed by atoms with Crippen LogP contribution < -0.4 is 0 Å². The van der Waals surface area contributed by atoms with Crippen molar-refractivity contribution in [3.8, 4) is 0 Å². The lowest BCUT2D eigenvalue weighted by atomic mass is 10.0. The molecule has 0 aromatic heterocycles. The van der Waals surface area contributed by atoms with Crippen LogP contribution in [0.4, 0.5) is 0 Å². The maximum atomic E-state index is 12.7. The first kappa shape index (κ1) is 12.6. The Morgan fingerprint density at radius 1 is 1.14 bits per heavy atom. The van der Waals surface area contributed by atoms with Crippen LogP contribution in [-0.4, -0.2) is 23.5 Å². The zero-order valence-electron chi connectivity index (χ0n) is 12.0. The van der Waals surface area contributed by atoms with Crippen molar-refractivity contribution < 1.29 is 9.53 Å². The van der Waals surface area contributed by atoms with Crippen LogP contribution in [0.1, 0.15) is 28.4 Å². The summed E-state index contributed by atoms with van der Waals surface area (Å²) in [6.07, 6.45) is 0.830. The number of amides is 1. The van der Waals surface area contributed by atoms with E-state index >= 15 is 0 Å². The van der Waals surface area contributed by atoms with E-state index in [0.29, 0.717) is 6.61 Å². The van der Waals surface area contributed by atoms with E-state index in [4.69, 9.17) is 4.74 Å². The Morgan fingerprint density at radius 2 is 1.86 bits per heavy atom. The van der Waals surface area contributed by atoms with Gasteiger partial charge in [0.2, 0.25) is 0 Å². The second kappa shape index (κ2) is 4.43. The Morgan fingerprint density at radius 3 is 2.67 bits per heavy atom. The third kappa shape index (κ3) is 1.74. The highest BCUT2D eigenvalue weighted by Gasteiger charge is 2.54.